The van der Waals surface area contributed by atoms with Crippen LogP contribution in [0.1, 0.15) is 15.9 Å². The van der Waals surface area contributed by atoms with E-state index < -0.39 is 0 Å². The molecular weight excluding hydrogens is 418 g/mol. The lowest BCUT2D eigenvalue weighted by Gasteiger charge is -2.09. The number of aryl methyl sites for hydroxylation is 1. The molecule has 0 heterocycles. The number of anilines is 3. The highest BCUT2D eigenvalue weighted by Gasteiger charge is 2.07. The lowest BCUT2D eigenvalue weighted by molar-refractivity contribution is -0.114. The molecule has 3 rings (SSSR count). The van der Waals surface area contributed by atoms with Gasteiger partial charge in [-0.1, -0.05) is 33.6 Å². The van der Waals surface area contributed by atoms with Crippen LogP contribution in [0.3, 0.4) is 0 Å². The van der Waals surface area contributed by atoms with E-state index in [1.165, 1.54) is 0 Å². The monoisotopic (exact) mass is 437 g/mol. The maximum absolute atomic E-state index is 12.3. The van der Waals surface area contributed by atoms with Crippen molar-refractivity contribution in [2.24, 2.45) is 0 Å². The van der Waals surface area contributed by atoms with E-state index in [0.717, 1.165) is 15.7 Å². The van der Waals surface area contributed by atoms with E-state index >= 15 is 0 Å². The number of rotatable bonds is 6. The quantitative estimate of drug-likeness (QED) is 0.504. The molecule has 5 nitrogen and oxygen atoms in total. The van der Waals surface area contributed by atoms with E-state index in [0.29, 0.717) is 16.9 Å². The summed E-state index contributed by atoms with van der Waals surface area (Å²) in [5.74, 6) is -0.321. The topological polar surface area (TPSA) is 70.2 Å². The molecule has 0 aromatic heterocycles. The van der Waals surface area contributed by atoms with Gasteiger partial charge in [-0.05, 0) is 67.6 Å². The SMILES string of the molecule is Cc1cccc(C(=O)Nc2ccc(NC(=O)CNc3ccc(Br)cc3)cc2)c1. The first kappa shape index (κ1) is 19.6. The van der Waals surface area contributed by atoms with Crippen LogP contribution in [0.25, 0.3) is 0 Å². The van der Waals surface area contributed by atoms with Crippen molar-refractivity contribution in [3.05, 3.63) is 88.4 Å². The van der Waals surface area contributed by atoms with Crippen molar-refractivity contribution in [1.29, 1.82) is 0 Å². The van der Waals surface area contributed by atoms with Gasteiger partial charge in [0.2, 0.25) is 5.91 Å². The van der Waals surface area contributed by atoms with Crippen molar-refractivity contribution >= 4 is 44.8 Å². The fraction of sp³-hybridized carbons (Fsp3) is 0.0909. The molecule has 2 amide bonds. The van der Waals surface area contributed by atoms with E-state index in [1.807, 2.05) is 49.4 Å². The number of amides is 2. The summed E-state index contributed by atoms with van der Waals surface area (Å²) in [6.45, 7) is 2.10. The number of hydrogen-bond acceptors (Lipinski definition) is 3. The zero-order chi connectivity index (χ0) is 19.9. The van der Waals surface area contributed by atoms with Crippen LogP contribution in [0.2, 0.25) is 0 Å². The first-order valence-electron chi connectivity index (χ1n) is 8.77. The summed E-state index contributed by atoms with van der Waals surface area (Å²) in [7, 11) is 0. The molecular formula is C22H20BrN3O2. The summed E-state index contributed by atoms with van der Waals surface area (Å²) in [5.41, 5.74) is 3.83. The Morgan fingerprint density at radius 3 is 2.07 bits per heavy atom. The molecule has 3 aromatic carbocycles. The van der Waals surface area contributed by atoms with Crippen LogP contribution in [-0.4, -0.2) is 18.4 Å². The first-order valence-corrected chi connectivity index (χ1v) is 9.56. The highest BCUT2D eigenvalue weighted by Crippen LogP contribution is 2.16. The first-order chi connectivity index (χ1) is 13.5. The van der Waals surface area contributed by atoms with Crippen LogP contribution in [0.5, 0.6) is 0 Å². The predicted octanol–water partition coefficient (Wildman–Crippen LogP) is 5.06. The minimum atomic E-state index is -0.167. The lowest BCUT2D eigenvalue weighted by Crippen LogP contribution is -2.21. The Morgan fingerprint density at radius 2 is 1.43 bits per heavy atom. The number of halogens is 1. The largest absolute Gasteiger partial charge is 0.376 e. The molecule has 0 aliphatic rings. The predicted molar refractivity (Wildman–Crippen MR) is 117 cm³/mol. The molecule has 0 bridgehead atoms. The molecule has 0 saturated heterocycles. The Balaban J connectivity index is 1.51. The van der Waals surface area contributed by atoms with Crippen molar-refractivity contribution in [2.45, 2.75) is 6.92 Å². The van der Waals surface area contributed by atoms with Crippen LogP contribution in [0.15, 0.2) is 77.3 Å². The molecule has 142 valence electrons. The summed E-state index contributed by atoms with van der Waals surface area (Å²) in [6.07, 6.45) is 0. The standard InChI is InChI=1S/C22H20BrN3O2/c1-15-3-2-4-16(13-15)22(28)26-20-11-9-19(10-12-20)25-21(27)14-24-18-7-5-17(23)6-8-18/h2-13,24H,14H2,1H3,(H,25,27)(H,26,28). The Kier molecular flexibility index (Phi) is 6.45. The zero-order valence-electron chi connectivity index (χ0n) is 15.3. The molecule has 0 aliphatic carbocycles. The summed E-state index contributed by atoms with van der Waals surface area (Å²) in [4.78, 5) is 24.4. The second-order valence-electron chi connectivity index (χ2n) is 6.31. The van der Waals surface area contributed by atoms with Gasteiger partial charge in [0.05, 0.1) is 6.54 Å². The second kappa shape index (κ2) is 9.19. The van der Waals surface area contributed by atoms with Gasteiger partial charge in [-0.15, -0.1) is 0 Å². The number of hydrogen-bond donors (Lipinski definition) is 3. The molecule has 0 aliphatic heterocycles. The maximum Gasteiger partial charge on any atom is 0.255 e. The number of carbonyl (C=O) groups excluding carboxylic acids is 2. The van der Waals surface area contributed by atoms with Gasteiger partial charge < -0.3 is 16.0 Å². The van der Waals surface area contributed by atoms with Crippen molar-refractivity contribution < 1.29 is 9.59 Å². The minimum absolute atomic E-state index is 0.153. The van der Waals surface area contributed by atoms with Crippen molar-refractivity contribution in [2.75, 3.05) is 22.5 Å². The Bertz CT molecular complexity index is 970. The molecule has 0 spiro atoms. The van der Waals surface area contributed by atoms with E-state index in [1.54, 1.807) is 30.3 Å². The number of carbonyl (C=O) groups is 2. The van der Waals surface area contributed by atoms with Gasteiger partial charge in [-0.3, -0.25) is 9.59 Å². The third kappa shape index (κ3) is 5.69. The van der Waals surface area contributed by atoms with Crippen LogP contribution in [-0.2, 0) is 4.79 Å². The normalized spacial score (nSPS) is 10.2. The minimum Gasteiger partial charge on any atom is -0.376 e. The van der Waals surface area contributed by atoms with E-state index in [-0.39, 0.29) is 18.4 Å². The van der Waals surface area contributed by atoms with Gasteiger partial charge >= 0.3 is 0 Å². The second-order valence-corrected chi connectivity index (χ2v) is 7.23. The van der Waals surface area contributed by atoms with Crippen LogP contribution < -0.4 is 16.0 Å². The van der Waals surface area contributed by atoms with Crippen molar-refractivity contribution in [3.8, 4) is 0 Å². The Morgan fingerprint density at radius 1 is 0.821 bits per heavy atom. The van der Waals surface area contributed by atoms with E-state index in [9.17, 15) is 9.59 Å². The summed E-state index contributed by atoms with van der Waals surface area (Å²) in [6, 6.07) is 22.0. The van der Waals surface area contributed by atoms with Crippen LogP contribution >= 0.6 is 15.9 Å². The molecule has 28 heavy (non-hydrogen) atoms. The summed E-state index contributed by atoms with van der Waals surface area (Å²) in [5, 5.41) is 8.73. The highest BCUT2D eigenvalue weighted by atomic mass is 79.9. The molecule has 3 aromatic rings. The lowest BCUT2D eigenvalue weighted by atomic mass is 10.1. The van der Waals surface area contributed by atoms with Gasteiger partial charge in [0.15, 0.2) is 0 Å². The van der Waals surface area contributed by atoms with Gasteiger partial charge in [0.1, 0.15) is 0 Å². The molecule has 0 atom stereocenters. The fourth-order valence-corrected chi connectivity index (χ4v) is 2.85. The van der Waals surface area contributed by atoms with Crippen molar-refractivity contribution in [1.82, 2.24) is 0 Å². The van der Waals surface area contributed by atoms with E-state index in [4.69, 9.17) is 0 Å². The summed E-state index contributed by atoms with van der Waals surface area (Å²) < 4.78 is 0.983. The van der Waals surface area contributed by atoms with Gasteiger partial charge in [-0.25, -0.2) is 0 Å². The van der Waals surface area contributed by atoms with Crippen LogP contribution in [0.4, 0.5) is 17.1 Å². The van der Waals surface area contributed by atoms with Gasteiger partial charge in [0.25, 0.3) is 5.91 Å². The van der Waals surface area contributed by atoms with E-state index in [2.05, 4.69) is 31.9 Å². The molecule has 0 saturated carbocycles. The fourth-order valence-electron chi connectivity index (χ4n) is 2.58. The molecule has 0 fully saturated rings. The zero-order valence-corrected chi connectivity index (χ0v) is 16.9. The van der Waals surface area contributed by atoms with Crippen molar-refractivity contribution in [3.63, 3.8) is 0 Å². The average Bonchev–Trinajstić information content (AvgIpc) is 2.69. The third-order valence-corrected chi connectivity index (χ3v) is 4.53. The van der Waals surface area contributed by atoms with Crippen LogP contribution in [0, 0.1) is 6.92 Å². The summed E-state index contributed by atoms with van der Waals surface area (Å²) >= 11 is 3.37. The molecule has 3 N–H and O–H groups in total. The average molecular weight is 438 g/mol. The van der Waals surface area contributed by atoms with Gasteiger partial charge in [0, 0.05) is 27.1 Å². The highest BCUT2D eigenvalue weighted by molar-refractivity contribution is 9.10. The van der Waals surface area contributed by atoms with Gasteiger partial charge in [-0.2, -0.15) is 0 Å². The number of nitrogens with one attached hydrogen (secondary N) is 3. The smallest absolute Gasteiger partial charge is 0.255 e. The molecule has 0 radical (unpaired) electrons. The Labute approximate surface area is 172 Å². The third-order valence-electron chi connectivity index (χ3n) is 4.00. The molecule has 6 heteroatoms. The maximum atomic E-state index is 12.3. The molecule has 0 unspecified atom stereocenters. The number of benzene rings is 3. The Hall–Kier alpha value is -3.12.